The second-order valence-corrected chi connectivity index (χ2v) is 7.36. The zero-order valence-electron chi connectivity index (χ0n) is 17.5. The van der Waals surface area contributed by atoms with Gasteiger partial charge < -0.3 is 15.2 Å². The number of nitriles is 1. The van der Waals surface area contributed by atoms with Crippen molar-refractivity contribution in [2.45, 2.75) is 6.92 Å². The van der Waals surface area contributed by atoms with Crippen molar-refractivity contribution in [1.29, 1.82) is 5.26 Å². The summed E-state index contributed by atoms with van der Waals surface area (Å²) in [7, 11) is 0. The van der Waals surface area contributed by atoms with Crippen LogP contribution in [0.3, 0.4) is 0 Å². The Balaban J connectivity index is 1.87. The summed E-state index contributed by atoms with van der Waals surface area (Å²) >= 11 is 3.39. The monoisotopic (exact) mass is 510 g/mol. The molecule has 0 atom stereocenters. The van der Waals surface area contributed by atoms with Gasteiger partial charge in [-0.2, -0.15) is 10.4 Å². The van der Waals surface area contributed by atoms with Crippen LogP contribution in [0.25, 0.3) is 11.3 Å². The summed E-state index contributed by atoms with van der Waals surface area (Å²) < 4.78 is 11.5. The summed E-state index contributed by atoms with van der Waals surface area (Å²) in [5.74, 6) is 0.190. The van der Waals surface area contributed by atoms with Crippen molar-refractivity contribution < 1.29 is 14.3 Å². The molecule has 0 spiro atoms. The molecule has 3 rings (SSSR count). The lowest BCUT2D eigenvalue weighted by Crippen LogP contribution is -2.20. The number of nitrogens with one attached hydrogen (secondary N) is 2. The second-order valence-electron chi connectivity index (χ2n) is 6.50. The number of hydrogen-bond acceptors (Lipinski definition) is 8. The van der Waals surface area contributed by atoms with Gasteiger partial charge in [-0.25, -0.2) is 10.4 Å². The van der Waals surface area contributed by atoms with Crippen LogP contribution in [0.1, 0.15) is 18.1 Å². The molecule has 0 fully saturated rings. The highest BCUT2D eigenvalue weighted by atomic mass is 79.9. The third kappa shape index (κ3) is 5.96. The molecule has 33 heavy (non-hydrogen) atoms. The summed E-state index contributed by atoms with van der Waals surface area (Å²) in [6.45, 7) is 1.89. The normalized spacial score (nSPS) is 10.6. The smallest absolute Gasteiger partial charge is 0.270 e. The Labute approximate surface area is 197 Å². The van der Waals surface area contributed by atoms with Gasteiger partial charge in [-0.15, -0.1) is 0 Å². The minimum Gasteiger partial charge on any atom is -0.490 e. The van der Waals surface area contributed by atoms with Crippen molar-refractivity contribution in [1.82, 2.24) is 9.97 Å². The Bertz CT molecular complexity index is 1280. The molecule has 0 unspecified atom stereocenters. The van der Waals surface area contributed by atoms with Crippen LogP contribution in [-0.4, -0.2) is 35.3 Å². The number of anilines is 1. The van der Waals surface area contributed by atoms with Gasteiger partial charge in [0.05, 0.1) is 23.0 Å². The first-order valence-electron chi connectivity index (χ1n) is 9.69. The summed E-state index contributed by atoms with van der Waals surface area (Å²) in [5.41, 5.74) is 8.64. The van der Waals surface area contributed by atoms with Gasteiger partial charge in [-0.3, -0.25) is 14.6 Å². The third-order valence-electron chi connectivity index (χ3n) is 4.15. The minimum absolute atomic E-state index is 0.0691. The molecule has 4 N–H and O–H groups in total. The third-order valence-corrected chi connectivity index (χ3v) is 4.74. The number of benzene rings is 2. The number of hydrogen-bond donors (Lipinski definition) is 3. The summed E-state index contributed by atoms with van der Waals surface area (Å²) in [6.07, 6.45) is 1.48. The molecule has 3 aromatic rings. The first kappa shape index (κ1) is 23.5. The van der Waals surface area contributed by atoms with Crippen molar-refractivity contribution in [3.63, 3.8) is 0 Å². The molecule has 0 saturated carbocycles. The highest BCUT2D eigenvalue weighted by Crippen LogP contribution is 2.36. The Hall–Kier alpha value is -4.17. The second kappa shape index (κ2) is 10.9. The molecular weight excluding hydrogens is 492 g/mol. The van der Waals surface area contributed by atoms with E-state index >= 15 is 0 Å². The molecule has 11 heteroatoms. The Morgan fingerprint density at radius 2 is 2.09 bits per heavy atom. The van der Waals surface area contributed by atoms with E-state index in [4.69, 9.17) is 15.2 Å². The lowest BCUT2D eigenvalue weighted by molar-refractivity contribution is -0.119. The molecule has 0 aliphatic carbocycles. The molecule has 2 aromatic carbocycles. The van der Waals surface area contributed by atoms with Crippen LogP contribution in [0.4, 0.5) is 5.95 Å². The number of carbonyl (C=O) groups is 1. The van der Waals surface area contributed by atoms with Crippen LogP contribution >= 0.6 is 15.9 Å². The molecule has 0 radical (unpaired) electrons. The van der Waals surface area contributed by atoms with Crippen LogP contribution in [-0.2, 0) is 4.79 Å². The number of halogens is 1. The van der Waals surface area contributed by atoms with Gasteiger partial charge in [0.1, 0.15) is 11.6 Å². The van der Waals surface area contributed by atoms with Crippen molar-refractivity contribution >= 4 is 34.0 Å². The quantitative estimate of drug-likeness (QED) is 0.295. The van der Waals surface area contributed by atoms with Gasteiger partial charge >= 0.3 is 0 Å². The standard InChI is InChI=1S/C22H19BrN6O4/c1-2-32-17-9-13(8-16(23)20(17)33-12-18(25)30)11-26-29-22-27-19(14-6-4-3-5-7-14)15(10-24)21(31)28-22/h3-9,11H,2,12H2,1H3,(H2,25,30)(H2,27,28,29,31). The van der Waals surface area contributed by atoms with Crippen molar-refractivity contribution in [2.75, 3.05) is 18.6 Å². The van der Waals surface area contributed by atoms with Gasteiger partial charge in [0.2, 0.25) is 5.95 Å². The number of aromatic nitrogens is 2. The van der Waals surface area contributed by atoms with E-state index in [0.717, 1.165) is 0 Å². The minimum atomic E-state index is -0.613. The maximum Gasteiger partial charge on any atom is 0.270 e. The molecule has 168 valence electrons. The number of H-pyrrole nitrogens is 1. The molecular formula is C22H19BrN6O4. The number of carbonyl (C=O) groups excluding carboxylic acids is 1. The average Bonchev–Trinajstić information content (AvgIpc) is 2.79. The number of hydrazone groups is 1. The molecule has 0 bridgehead atoms. The number of rotatable bonds is 9. The predicted octanol–water partition coefficient (Wildman–Crippen LogP) is 2.78. The van der Waals surface area contributed by atoms with Crippen molar-refractivity contribution in [2.24, 2.45) is 10.8 Å². The number of amides is 1. The van der Waals surface area contributed by atoms with Gasteiger partial charge in [-0.05, 0) is 40.5 Å². The fourth-order valence-electron chi connectivity index (χ4n) is 2.81. The van der Waals surface area contributed by atoms with E-state index in [0.29, 0.717) is 33.7 Å². The fourth-order valence-corrected chi connectivity index (χ4v) is 3.39. The molecule has 1 amide bonds. The van der Waals surface area contributed by atoms with E-state index in [1.54, 1.807) is 36.4 Å². The topological polar surface area (TPSA) is 155 Å². The van der Waals surface area contributed by atoms with E-state index in [-0.39, 0.29) is 23.8 Å². The molecule has 0 aliphatic heterocycles. The predicted molar refractivity (Wildman–Crippen MR) is 126 cm³/mol. The Morgan fingerprint density at radius 3 is 2.76 bits per heavy atom. The average molecular weight is 511 g/mol. The summed E-state index contributed by atoms with van der Waals surface area (Å²) in [4.78, 5) is 30.2. The maximum absolute atomic E-state index is 12.3. The number of primary amides is 1. The van der Waals surface area contributed by atoms with E-state index in [1.165, 1.54) is 6.21 Å². The lowest BCUT2D eigenvalue weighted by Gasteiger charge is -2.13. The molecule has 0 saturated heterocycles. The maximum atomic E-state index is 12.3. The highest BCUT2D eigenvalue weighted by molar-refractivity contribution is 9.10. The summed E-state index contributed by atoms with van der Waals surface area (Å²) in [5, 5.41) is 13.5. The van der Waals surface area contributed by atoms with Gasteiger partial charge in [0.15, 0.2) is 18.1 Å². The van der Waals surface area contributed by atoms with E-state index < -0.39 is 11.5 Å². The van der Waals surface area contributed by atoms with Gasteiger partial charge in [-0.1, -0.05) is 30.3 Å². The van der Waals surface area contributed by atoms with E-state index in [2.05, 4.69) is 36.4 Å². The molecule has 10 nitrogen and oxygen atoms in total. The van der Waals surface area contributed by atoms with E-state index in [1.807, 2.05) is 19.1 Å². The van der Waals surface area contributed by atoms with E-state index in [9.17, 15) is 14.9 Å². The van der Waals surface area contributed by atoms with Crippen LogP contribution in [0, 0.1) is 11.3 Å². The van der Waals surface area contributed by atoms with Crippen molar-refractivity contribution in [3.05, 3.63) is 68.4 Å². The van der Waals surface area contributed by atoms with Crippen molar-refractivity contribution in [3.8, 4) is 28.8 Å². The largest absolute Gasteiger partial charge is 0.490 e. The first-order chi connectivity index (χ1) is 15.9. The Morgan fingerprint density at radius 1 is 1.33 bits per heavy atom. The van der Waals surface area contributed by atoms with Gasteiger partial charge in [0, 0.05) is 5.56 Å². The fraction of sp³-hybridized carbons (Fsp3) is 0.136. The Kier molecular flexibility index (Phi) is 7.77. The number of ether oxygens (including phenoxy) is 2. The number of aromatic amines is 1. The zero-order valence-corrected chi connectivity index (χ0v) is 19.0. The van der Waals surface area contributed by atoms with Crippen LogP contribution in [0.15, 0.2) is 56.8 Å². The van der Waals surface area contributed by atoms with Crippen LogP contribution < -0.4 is 26.2 Å². The zero-order chi connectivity index (χ0) is 23.8. The SMILES string of the molecule is CCOc1cc(C=NNc2nc(-c3ccccc3)c(C#N)c(=O)[nH]2)cc(Br)c1OCC(N)=O. The highest BCUT2D eigenvalue weighted by Gasteiger charge is 2.14. The number of nitrogens with zero attached hydrogens (tertiary/aromatic N) is 3. The molecule has 1 heterocycles. The number of nitrogens with two attached hydrogens (primary N) is 1. The first-order valence-corrected chi connectivity index (χ1v) is 10.5. The van der Waals surface area contributed by atoms with Crippen LogP contribution in [0.5, 0.6) is 11.5 Å². The van der Waals surface area contributed by atoms with Gasteiger partial charge in [0.25, 0.3) is 11.5 Å². The lowest BCUT2D eigenvalue weighted by atomic mass is 10.1. The van der Waals surface area contributed by atoms with Crippen LogP contribution in [0.2, 0.25) is 0 Å². The molecule has 0 aliphatic rings. The summed E-state index contributed by atoms with van der Waals surface area (Å²) in [6, 6.07) is 14.2. The molecule has 1 aromatic heterocycles.